The molecule has 2 N–H and O–H groups in total. The van der Waals surface area contributed by atoms with Gasteiger partial charge in [-0.05, 0) is 53.1 Å². The standard InChI is InChI=1S/C25H21F3N4O2S/c26-25(27,28)20-10-8-17(9-11-20)24(22-7-1-6-21(32-22)16-31-35(33)34)23(18-4-2-12-29-14-18)19-5-3-13-30-15-19/h1-15,23-24,31H,16H2,(H,33,34). The largest absolute Gasteiger partial charge is 0.416 e. The van der Waals surface area contributed by atoms with E-state index in [4.69, 9.17) is 9.54 Å². The zero-order chi connectivity index (χ0) is 24.8. The van der Waals surface area contributed by atoms with E-state index in [1.807, 2.05) is 12.1 Å². The monoisotopic (exact) mass is 498 g/mol. The molecule has 180 valence electrons. The summed E-state index contributed by atoms with van der Waals surface area (Å²) in [6.07, 6.45) is 2.28. The Morgan fingerprint density at radius 3 is 1.97 bits per heavy atom. The number of pyridine rings is 3. The Bertz CT molecular complexity index is 1230. The first-order valence-electron chi connectivity index (χ1n) is 10.6. The first-order valence-corrected chi connectivity index (χ1v) is 11.7. The SMILES string of the molecule is O=S(O)NCc1cccc(C(c2ccc(C(F)(F)F)cc2)C(c2cccnc2)c2cccnc2)n1. The molecule has 0 aliphatic heterocycles. The van der Waals surface area contributed by atoms with Crippen molar-refractivity contribution in [2.75, 3.05) is 0 Å². The van der Waals surface area contributed by atoms with Gasteiger partial charge in [0, 0.05) is 42.3 Å². The Balaban J connectivity index is 1.88. The summed E-state index contributed by atoms with van der Waals surface area (Å²) in [6.45, 7) is 0.0428. The third-order valence-electron chi connectivity index (χ3n) is 5.54. The van der Waals surface area contributed by atoms with Gasteiger partial charge in [0.1, 0.15) is 0 Å². The van der Waals surface area contributed by atoms with Gasteiger partial charge in [-0.15, -0.1) is 0 Å². The van der Waals surface area contributed by atoms with Gasteiger partial charge in [0.2, 0.25) is 11.3 Å². The highest BCUT2D eigenvalue weighted by Crippen LogP contribution is 2.42. The van der Waals surface area contributed by atoms with Crippen molar-refractivity contribution >= 4 is 11.3 Å². The first kappa shape index (κ1) is 24.6. The van der Waals surface area contributed by atoms with Crippen LogP contribution in [0.5, 0.6) is 0 Å². The molecule has 0 aliphatic carbocycles. The number of rotatable bonds is 8. The summed E-state index contributed by atoms with van der Waals surface area (Å²) in [5.74, 6) is -0.859. The molecule has 4 aromatic rings. The molecule has 0 radical (unpaired) electrons. The molecular formula is C25H21F3N4O2S. The summed E-state index contributed by atoms with van der Waals surface area (Å²) in [4.78, 5) is 13.2. The lowest BCUT2D eigenvalue weighted by atomic mass is 9.76. The molecule has 10 heteroatoms. The predicted octanol–water partition coefficient (Wildman–Crippen LogP) is 5.08. The molecule has 3 heterocycles. The molecule has 0 fully saturated rings. The minimum absolute atomic E-state index is 0.0428. The molecule has 3 aromatic heterocycles. The number of aromatic nitrogens is 3. The summed E-state index contributed by atoms with van der Waals surface area (Å²) >= 11 is -2.21. The topological polar surface area (TPSA) is 88.0 Å². The van der Waals surface area contributed by atoms with Crippen LogP contribution in [0.3, 0.4) is 0 Å². The average Bonchev–Trinajstić information content (AvgIpc) is 2.87. The van der Waals surface area contributed by atoms with Gasteiger partial charge < -0.3 is 0 Å². The van der Waals surface area contributed by atoms with Crippen LogP contribution in [0.4, 0.5) is 13.2 Å². The zero-order valence-electron chi connectivity index (χ0n) is 18.3. The van der Waals surface area contributed by atoms with E-state index in [1.165, 1.54) is 12.1 Å². The summed E-state index contributed by atoms with van der Waals surface area (Å²) < 4.78 is 62.3. The highest BCUT2D eigenvalue weighted by Gasteiger charge is 2.33. The number of alkyl halides is 3. The Hall–Kier alpha value is -3.47. The molecular weight excluding hydrogens is 477 g/mol. The number of hydrogen-bond donors (Lipinski definition) is 2. The van der Waals surface area contributed by atoms with Crippen molar-refractivity contribution < 1.29 is 21.9 Å². The molecule has 0 aliphatic rings. The molecule has 6 nitrogen and oxygen atoms in total. The van der Waals surface area contributed by atoms with E-state index in [-0.39, 0.29) is 12.5 Å². The Labute approximate surface area is 202 Å². The lowest BCUT2D eigenvalue weighted by Crippen LogP contribution is -2.19. The van der Waals surface area contributed by atoms with Gasteiger partial charge in [0.15, 0.2) is 0 Å². The van der Waals surface area contributed by atoms with E-state index >= 15 is 0 Å². The Kier molecular flexibility index (Phi) is 7.64. The van der Waals surface area contributed by atoms with Crippen molar-refractivity contribution in [2.24, 2.45) is 0 Å². The maximum Gasteiger partial charge on any atom is 0.416 e. The van der Waals surface area contributed by atoms with Crippen LogP contribution in [-0.2, 0) is 24.0 Å². The van der Waals surface area contributed by atoms with Crippen molar-refractivity contribution in [3.63, 3.8) is 0 Å². The molecule has 4 rings (SSSR count). The first-order chi connectivity index (χ1) is 16.8. The highest BCUT2D eigenvalue weighted by molar-refractivity contribution is 7.77. The third kappa shape index (κ3) is 6.16. The van der Waals surface area contributed by atoms with Gasteiger partial charge in [-0.25, -0.2) is 8.93 Å². The number of benzene rings is 1. The van der Waals surface area contributed by atoms with Crippen molar-refractivity contribution in [1.29, 1.82) is 0 Å². The second-order valence-corrected chi connectivity index (χ2v) is 8.56. The van der Waals surface area contributed by atoms with Crippen LogP contribution in [0.2, 0.25) is 0 Å². The molecule has 2 unspecified atom stereocenters. The fraction of sp³-hybridized carbons (Fsp3) is 0.160. The van der Waals surface area contributed by atoms with Crippen LogP contribution < -0.4 is 4.72 Å². The molecule has 0 spiro atoms. The Morgan fingerprint density at radius 1 is 0.829 bits per heavy atom. The summed E-state index contributed by atoms with van der Waals surface area (Å²) in [6, 6.07) is 17.7. The van der Waals surface area contributed by atoms with Gasteiger partial charge in [-0.2, -0.15) is 13.2 Å². The number of nitrogens with one attached hydrogen (secondary N) is 1. The average molecular weight is 499 g/mol. The molecule has 0 amide bonds. The minimum atomic E-state index is -4.45. The van der Waals surface area contributed by atoms with E-state index in [0.717, 1.165) is 23.3 Å². The number of nitrogens with zero attached hydrogens (tertiary/aromatic N) is 3. The minimum Gasteiger partial charge on any atom is -0.294 e. The molecule has 0 saturated carbocycles. The highest BCUT2D eigenvalue weighted by atomic mass is 32.2. The van der Waals surface area contributed by atoms with Gasteiger partial charge in [0.25, 0.3) is 0 Å². The fourth-order valence-electron chi connectivity index (χ4n) is 4.02. The fourth-order valence-corrected chi connectivity index (χ4v) is 4.29. The van der Waals surface area contributed by atoms with Crippen molar-refractivity contribution in [1.82, 2.24) is 19.7 Å². The van der Waals surface area contributed by atoms with Crippen LogP contribution in [0, 0.1) is 0 Å². The lowest BCUT2D eigenvalue weighted by Gasteiger charge is -2.28. The quantitative estimate of drug-likeness (QED) is 0.331. The van der Waals surface area contributed by atoms with Crippen molar-refractivity contribution in [3.05, 3.63) is 125 Å². The van der Waals surface area contributed by atoms with Gasteiger partial charge in [0.05, 0.1) is 17.8 Å². The van der Waals surface area contributed by atoms with Crippen LogP contribution in [-0.4, -0.2) is 23.7 Å². The van der Waals surface area contributed by atoms with Crippen LogP contribution >= 0.6 is 0 Å². The number of hydrogen-bond acceptors (Lipinski definition) is 4. The summed E-state index contributed by atoms with van der Waals surface area (Å²) in [7, 11) is 0. The normalized spacial score (nSPS) is 13.5. The maximum atomic E-state index is 13.3. The lowest BCUT2D eigenvalue weighted by molar-refractivity contribution is -0.137. The van der Waals surface area contributed by atoms with Crippen LogP contribution in [0.15, 0.2) is 91.5 Å². The van der Waals surface area contributed by atoms with E-state index in [0.29, 0.717) is 17.0 Å². The zero-order valence-corrected chi connectivity index (χ0v) is 19.1. The van der Waals surface area contributed by atoms with E-state index in [9.17, 15) is 17.4 Å². The van der Waals surface area contributed by atoms with Gasteiger partial charge >= 0.3 is 6.18 Å². The van der Waals surface area contributed by atoms with Gasteiger partial charge in [-0.3, -0.25) is 19.5 Å². The molecule has 0 bridgehead atoms. The van der Waals surface area contributed by atoms with Gasteiger partial charge in [-0.1, -0.05) is 30.3 Å². The van der Waals surface area contributed by atoms with Crippen molar-refractivity contribution in [2.45, 2.75) is 24.6 Å². The summed E-state index contributed by atoms with van der Waals surface area (Å²) in [5.41, 5.74) is 2.66. The smallest absolute Gasteiger partial charge is 0.294 e. The van der Waals surface area contributed by atoms with E-state index in [1.54, 1.807) is 55.1 Å². The third-order valence-corrected chi connectivity index (χ3v) is 5.93. The molecule has 35 heavy (non-hydrogen) atoms. The van der Waals surface area contributed by atoms with E-state index in [2.05, 4.69) is 14.7 Å². The molecule has 0 saturated heterocycles. The molecule has 2 atom stereocenters. The second-order valence-electron chi connectivity index (χ2n) is 7.77. The van der Waals surface area contributed by atoms with Crippen LogP contribution in [0.1, 0.15) is 45.5 Å². The van der Waals surface area contributed by atoms with Crippen LogP contribution in [0.25, 0.3) is 0 Å². The van der Waals surface area contributed by atoms with Crippen molar-refractivity contribution in [3.8, 4) is 0 Å². The number of halogens is 3. The maximum absolute atomic E-state index is 13.3. The molecule has 1 aromatic carbocycles. The summed E-state index contributed by atoms with van der Waals surface area (Å²) in [5, 5.41) is 0. The Morgan fingerprint density at radius 2 is 1.46 bits per heavy atom. The van der Waals surface area contributed by atoms with E-state index < -0.39 is 28.9 Å². The predicted molar refractivity (Wildman–Crippen MR) is 125 cm³/mol. The second kappa shape index (κ2) is 10.9.